The molecule has 0 aliphatic carbocycles. The van der Waals surface area contributed by atoms with Crippen molar-refractivity contribution < 1.29 is 14.3 Å². The highest BCUT2D eigenvalue weighted by Gasteiger charge is 2.22. The normalized spacial score (nSPS) is 11.0. The summed E-state index contributed by atoms with van der Waals surface area (Å²) in [7, 11) is 1.75. The van der Waals surface area contributed by atoms with Crippen LogP contribution in [0.15, 0.2) is 6.20 Å². The maximum absolute atomic E-state index is 12.1. The van der Waals surface area contributed by atoms with E-state index in [1.54, 1.807) is 23.6 Å². The van der Waals surface area contributed by atoms with Gasteiger partial charge in [-0.05, 0) is 34.6 Å². The fourth-order valence-electron chi connectivity index (χ4n) is 2.15. The molecule has 0 spiro atoms. The van der Waals surface area contributed by atoms with E-state index in [4.69, 9.17) is 4.74 Å². The van der Waals surface area contributed by atoms with Crippen molar-refractivity contribution in [2.75, 3.05) is 6.61 Å². The molecule has 1 aromatic heterocycles. The number of aromatic nitrogens is 2. The molecule has 1 heterocycles. The minimum absolute atomic E-state index is 0.0707. The number of hydrogen-bond acceptors (Lipinski definition) is 4. The quantitative estimate of drug-likeness (QED) is 0.768. The van der Waals surface area contributed by atoms with Gasteiger partial charge < -0.3 is 9.64 Å². The van der Waals surface area contributed by atoms with E-state index in [1.807, 2.05) is 27.7 Å². The van der Waals surface area contributed by atoms with E-state index in [0.29, 0.717) is 11.3 Å². The Labute approximate surface area is 119 Å². The lowest BCUT2D eigenvalue weighted by Crippen LogP contribution is -2.44. The Morgan fingerprint density at radius 3 is 2.25 bits per heavy atom. The van der Waals surface area contributed by atoms with Crippen molar-refractivity contribution in [3.05, 3.63) is 17.5 Å². The van der Waals surface area contributed by atoms with E-state index >= 15 is 0 Å². The standard InChI is InChI=1S/C14H23N3O3/c1-9(2)17(10(3)4)13(18)8-20-14(19)12-7-15-16(6)11(12)5/h7,9-10H,8H2,1-6H3. The molecule has 0 saturated carbocycles. The predicted molar refractivity (Wildman–Crippen MR) is 75.3 cm³/mol. The molecular formula is C14H23N3O3. The van der Waals surface area contributed by atoms with Crippen LogP contribution in [0.25, 0.3) is 0 Å². The number of nitrogens with zero attached hydrogens (tertiary/aromatic N) is 3. The number of carbonyl (C=O) groups is 2. The first-order valence-electron chi connectivity index (χ1n) is 6.72. The van der Waals surface area contributed by atoms with Crippen LogP contribution >= 0.6 is 0 Å². The van der Waals surface area contributed by atoms with E-state index in [9.17, 15) is 9.59 Å². The Balaban J connectivity index is 2.65. The SMILES string of the molecule is Cc1c(C(=O)OCC(=O)N(C(C)C)C(C)C)cnn1C. The van der Waals surface area contributed by atoms with Crippen LogP contribution < -0.4 is 0 Å². The molecule has 0 N–H and O–H groups in total. The first-order valence-corrected chi connectivity index (χ1v) is 6.72. The molecule has 0 bridgehead atoms. The number of carbonyl (C=O) groups excluding carboxylic acids is 2. The lowest BCUT2D eigenvalue weighted by atomic mass is 10.2. The van der Waals surface area contributed by atoms with Gasteiger partial charge in [0.1, 0.15) is 5.56 Å². The van der Waals surface area contributed by atoms with E-state index < -0.39 is 5.97 Å². The number of amides is 1. The minimum atomic E-state index is -0.517. The van der Waals surface area contributed by atoms with Crippen molar-refractivity contribution in [2.45, 2.75) is 46.7 Å². The Bertz CT molecular complexity index is 484. The molecule has 0 unspecified atom stereocenters. The average Bonchev–Trinajstić information content (AvgIpc) is 2.66. The second-order valence-electron chi connectivity index (χ2n) is 5.33. The van der Waals surface area contributed by atoms with E-state index in [1.165, 1.54) is 6.20 Å². The van der Waals surface area contributed by atoms with Gasteiger partial charge in [0.15, 0.2) is 6.61 Å². The van der Waals surface area contributed by atoms with Gasteiger partial charge in [-0.2, -0.15) is 5.10 Å². The first-order chi connectivity index (χ1) is 9.25. The van der Waals surface area contributed by atoms with Gasteiger partial charge in [0.25, 0.3) is 5.91 Å². The molecule has 0 radical (unpaired) electrons. The van der Waals surface area contributed by atoms with Gasteiger partial charge in [0.2, 0.25) is 0 Å². The molecule has 0 fully saturated rings. The van der Waals surface area contributed by atoms with Gasteiger partial charge in [-0.3, -0.25) is 9.48 Å². The smallest absolute Gasteiger partial charge is 0.342 e. The van der Waals surface area contributed by atoms with Crippen molar-refractivity contribution in [1.82, 2.24) is 14.7 Å². The lowest BCUT2D eigenvalue weighted by Gasteiger charge is -2.30. The van der Waals surface area contributed by atoms with Crippen LogP contribution in [-0.4, -0.2) is 45.2 Å². The largest absolute Gasteiger partial charge is 0.452 e. The molecule has 0 aliphatic heterocycles. The van der Waals surface area contributed by atoms with Crippen molar-refractivity contribution >= 4 is 11.9 Å². The molecule has 0 aromatic carbocycles. The highest BCUT2D eigenvalue weighted by molar-refractivity contribution is 5.92. The van der Waals surface area contributed by atoms with Crippen LogP contribution in [0, 0.1) is 6.92 Å². The lowest BCUT2D eigenvalue weighted by molar-refractivity contribution is -0.138. The number of ether oxygens (including phenoxy) is 1. The highest BCUT2D eigenvalue weighted by Crippen LogP contribution is 2.09. The van der Waals surface area contributed by atoms with E-state index in [-0.39, 0.29) is 24.6 Å². The Hall–Kier alpha value is -1.85. The molecule has 0 aliphatic rings. The third-order valence-corrected chi connectivity index (χ3v) is 3.18. The number of esters is 1. The fourth-order valence-corrected chi connectivity index (χ4v) is 2.15. The zero-order valence-electron chi connectivity index (χ0n) is 13.0. The van der Waals surface area contributed by atoms with E-state index in [2.05, 4.69) is 5.10 Å². The Morgan fingerprint density at radius 2 is 1.85 bits per heavy atom. The summed E-state index contributed by atoms with van der Waals surface area (Å²) in [6, 6.07) is 0.141. The summed E-state index contributed by atoms with van der Waals surface area (Å²) in [5.74, 6) is -0.707. The monoisotopic (exact) mass is 281 g/mol. The minimum Gasteiger partial charge on any atom is -0.452 e. The highest BCUT2D eigenvalue weighted by atomic mass is 16.5. The van der Waals surface area contributed by atoms with Gasteiger partial charge in [0, 0.05) is 24.8 Å². The fraction of sp³-hybridized carbons (Fsp3) is 0.643. The number of hydrogen-bond donors (Lipinski definition) is 0. The first kappa shape index (κ1) is 16.2. The second kappa shape index (κ2) is 6.54. The van der Waals surface area contributed by atoms with Crippen LogP contribution in [0.5, 0.6) is 0 Å². The van der Waals surface area contributed by atoms with Crippen LogP contribution in [-0.2, 0) is 16.6 Å². The molecular weight excluding hydrogens is 258 g/mol. The molecule has 6 nitrogen and oxygen atoms in total. The summed E-state index contributed by atoms with van der Waals surface area (Å²) < 4.78 is 6.67. The summed E-state index contributed by atoms with van der Waals surface area (Å²) >= 11 is 0. The molecule has 20 heavy (non-hydrogen) atoms. The molecule has 0 atom stereocenters. The van der Waals surface area contributed by atoms with Crippen LogP contribution in [0.4, 0.5) is 0 Å². The second-order valence-corrected chi connectivity index (χ2v) is 5.33. The van der Waals surface area contributed by atoms with Gasteiger partial charge in [-0.1, -0.05) is 0 Å². The summed E-state index contributed by atoms with van der Waals surface area (Å²) in [5, 5.41) is 3.98. The number of rotatable bonds is 5. The van der Waals surface area contributed by atoms with Crippen molar-refractivity contribution in [2.24, 2.45) is 7.05 Å². The van der Waals surface area contributed by atoms with Crippen molar-refractivity contribution in [1.29, 1.82) is 0 Å². The van der Waals surface area contributed by atoms with Gasteiger partial charge in [-0.15, -0.1) is 0 Å². The maximum Gasteiger partial charge on any atom is 0.342 e. The van der Waals surface area contributed by atoms with E-state index in [0.717, 1.165) is 0 Å². The zero-order valence-corrected chi connectivity index (χ0v) is 13.0. The van der Waals surface area contributed by atoms with Gasteiger partial charge in [0.05, 0.1) is 6.20 Å². The summed E-state index contributed by atoms with van der Waals surface area (Å²) in [5.41, 5.74) is 1.10. The van der Waals surface area contributed by atoms with Crippen molar-refractivity contribution in [3.63, 3.8) is 0 Å². The third-order valence-electron chi connectivity index (χ3n) is 3.18. The summed E-state index contributed by atoms with van der Waals surface area (Å²) in [6.07, 6.45) is 1.45. The Kier molecular flexibility index (Phi) is 5.30. The predicted octanol–water partition coefficient (Wildman–Crippen LogP) is 1.53. The summed E-state index contributed by atoms with van der Waals surface area (Å²) in [6.45, 7) is 9.27. The summed E-state index contributed by atoms with van der Waals surface area (Å²) in [4.78, 5) is 25.7. The average molecular weight is 281 g/mol. The zero-order chi connectivity index (χ0) is 15.4. The van der Waals surface area contributed by atoms with Gasteiger partial charge in [-0.25, -0.2) is 4.79 Å². The molecule has 1 amide bonds. The van der Waals surface area contributed by atoms with Crippen LogP contribution in [0.1, 0.15) is 43.7 Å². The molecule has 6 heteroatoms. The molecule has 1 rings (SSSR count). The maximum atomic E-state index is 12.1. The van der Waals surface area contributed by atoms with Gasteiger partial charge >= 0.3 is 5.97 Å². The topological polar surface area (TPSA) is 64.4 Å². The number of aryl methyl sites for hydroxylation is 1. The molecule has 112 valence electrons. The Morgan fingerprint density at radius 1 is 1.30 bits per heavy atom. The molecule has 1 aromatic rings. The van der Waals surface area contributed by atoms with Crippen LogP contribution in [0.3, 0.4) is 0 Å². The van der Waals surface area contributed by atoms with Crippen LogP contribution in [0.2, 0.25) is 0 Å². The third kappa shape index (κ3) is 3.59. The molecule has 0 saturated heterocycles. The van der Waals surface area contributed by atoms with Crippen molar-refractivity contribution in [3.8, 4) is 0 Å².